The van der Waals surface area contributed by atoms with Crippen LogP contribution in [-0.2, 0) is 4.79 Å². The van der Waals surface area contributed by atoms with Crippen molar-refractivity contribution in [2.24, 2.45) is 0 Å². The minimum atomic E-state index is -0.151. The summed E-state index contributed by atoms with van der Waals surface area (Å²) < 4.78 is 0. The monoisotopic (exact) mass is 325 g/mol. The molecule has 1 aromatic carbocycles. The molecule has 0 bridgehead atoms. The van der Waals surface area contributed by atoms with Gasteiger partial charge in [0.25, 0.3) is 5.91 Å². The number of rotatable bonds is 4. The van der Waals surface area contributed by atoms with Crippen molar-refractivity contribution in [2.75, 3.05) is 38.1 Å². The smallest absolute Gasteiger partial charge is 0.274 e. The number of para-hydroxylation sites is 1. The van der Waals surface area contributed by atoms with Crippen LogP contribution in [0.3, 0.4) is 0 Å². The first-order valence-electron chi connectivity index (χ1n) is 7.80. The van der Waals surface area contributed by atoms with Crippen LogP contribution in [0, 0.1) is 0 Å². The molecule has 1 aromatic heterocycles. The Bertz CT molecular complexity index is 697. The number of hydrogen-bond acceptors (Lipinski definition) is 5. The zero-order valence-corrected chi connectivity index (χ0v) is 13.5. The van der Waals surface area contributed by atoms with Gasteiger partial charge >= 0.3 is 0 Å². The summed E-state index contributed by atoms with van der Waals surface area (Å²) in [4.78, 5) is 28.4. The second kappa shape index (κ2) is 7.08. The molecule has 0 radical (unpaired) electrons. The SMILES string of the molecule is CN(c1ccccc1)c1ccc(C(=O)N2CCN(C=O)CC2)nn1. The first-order chi connectivity index (χ1) is 11.7. The van der Waals surface area contributed by atoms with E-state index in [1.807, 2.05) is 42.3 Å². The van der Waals surface area contributed by atoms with Crippen LogP contribution in [0.25, 0.3) is 0 Å². The lowest BCUT2D eigenvalue weighted by Gasteiger charge is -2.32. The number of benzene rings is 1. The van der Waals surface area contributed by atoms with Crippen LogP contribution in [0.2, 0.25) is 0 Å². The molecule has 1 fully saturated rings. The highest BCUT2D eigenvalue weighted by Gasteiger charge is 2.22. The first kappa shape index (κ1) is 15.9. The van der Waals surface area contributed by atoms with Crippen LogP contribution in [0.5, 0.6) is 0 Å². The summed E-state index contributed by atoms with van der Waals surface area (Å²) in [5.41, 5.74) is 1.32. The molecule has 1 aliphatic heterocycles. The number of piperazine rings is 1. The number of hydrogen-bond donors (Lipinski definition) is 0. The molecule has 0 unspecified atom stereocenters. The van der Waals surface area contributed by atoms with Gasteiger partial charge in [0, 0.05) is 38.9 Å². The third-order valence-corrected chi connectivity index (χ3v) is 4.11. The van der Waals surface area contributed by atoms with E-state index in [4.69, 9.17) is 0 Å². The summed E-state index contributed by atoms with van der Waals surface area (Å²) in [5, 5.41) is 8.24. The lowest BCUT2D eigenvalue weighted by atomic mass is 10.2. The number of anilines is 2. The highest BCUT2D eigenvalue weighted by Crippen LogP contribution is 2.20. The molecular weight excluding hydrogens is 306 g/mol. The van der Waals surface area contributed by atoms with E-state index in [2.05, 4.69) is 10.2 Å². The number of carbonyl (C=O) groups is 2. The van der Waals surface area contributed by atoms with E-state index in [1.165, 1.54) is 0 Å². The zero-order chi connectivity index (χ0) is 16.9. The van der Waals surface area contributed by atoms with E-state index < -0.39 is 0 Å². The maximum Gasteiger partial charge on any atom is 0.274 e. The van der Waals surface area contributed by atoms with Crippen LogP contribution < -0.4 is 4.90 Å². The summed E-state index contributed by atoms with van der Waals surface area (Å²) in [5.74, 6) is 0.519. The predicted molar refractivity (Wildman–Crippen MR) is 90.1 cm³/mol. The Morgan fingerprint density at radius 2 is 1.75 bits per heavy atom. The molecule has 1 saturated heterocycles. The summed E-state index contributed by atoms with van der Waals surface area (Å²) in [6.45, 7) is 2.14. The molecule has 1 aliphatic rings. The van der Waals surface area contributed by atoms with Crippen molar-refractivity contribution in [2.45, 2.75) is 0 Å². The molecule has 7 nitrogen and oxygen atoms in total. The van der Waals surface area contributed by atoms with Crippen molar-refractivity contribution >= 4 is 23.8 Å². The van der Waals surface area contributed by atoms with Crippen LogP contribution >= 0.6 is 0 Å². The average molecular weight is 325 g/mol. The minimum absolute atomic E-state index is 0.151. The van der Waals surface area contributed by atoms with Gasteiger partial charge in [-0.15, -0.1) is 10.2 Å². The van der Waals surface area contributed by atoms with E-state index in [1.54, 1.807) is 21.9 Å². The highest BCUT2D eigenvalue weighted by atomic mass is 16.2. The summed E-state index contributed by atoms with van der Waals surface area (Å²) in [7, 11) is 1.90. The zero-order valence-electron chi connectivity index (χ0n) is 13.5. The highest BCUT2D eigenvalue weighted by molar-refractivity contribution is 5.92. The van der Waals surface area contributed by atoms with Gasteiger partial charge in [0.05, 0.1) is 0 Å². The summed E-state index contributed by atoms with van der Waals surface area (Å²) in [6, 6.07) is 13.3. The van der Waals surface area contributed by atoms with E-state index in [-0.39, 0.29) is 5.91 Å². The van der Waals surface area contributed by atoms with Gasteiger partial charge in [-0.1, -0.05) is 18.2 Å². The van der Waals surface area contributed by atoms with Gasteiger partial charge in [0.15, 0.2) is 11.5 Å². The lowest BCUT2D eigenvalue weighted by molar-refractivity contribution is -0.119. The second-order valence-corrected chi connectivity index (χ2v) is 5.60. The molecule has 124 valence electrons. The second-order valence-electron chi connectivity index (χ2n) is 5.60. The van der Waals surface area contributed by atoms with Crippen LogP contribution in [0.15, 0.2) is 42.5 Å². The number of aromatic nitrogens is 2. The van der Waals surface area contributed by atoms with Gasteiger partial charge in [-0.2, -0.15) is 0 Å². The fraction of sp³-hybridized carbons (Fsp3) is 0.294. The topological polar surface area (TPSA) is 69.6 Å². The maximum absolute atomic E-state index is 12.4. The van der Waals surface area contributed by atoms with Crippen molar-refractivity contribution in [3.63, 3.8) is 0 Å². The fourth-order valence-corrected chi connectivity index (χ4v) is 2.59. The molecule has 7 heteroatoms. The third-order valence-electron chi connectivity index (χ3n) is 4.11. The van der Waals surface area contributed by atoms with Crippen molar-refractivity contribution in [1.82, 2.24) is 20.0 Å². The Balaban J connectivity index is 1.68. The maximum atomic E-state index is 12.4. The molecule has 0 spiro atoms. The largest absolute Gasteiger partial charge is 0.342 e. The van der Waals surface area contributed by atoms with Crippen LogP contribution in [-0.4, -0.2) is 65.5 Å². The molecule has 0 atom stereocenters. The quantitative estimate of drug-likeness (QED) is 0.789. The van der Waals surface area contributed by atoms with Crippen molar-refractivity contribution in [3.8, 4) is 0 Å². The van der Waals surface area contributed by atoms with Crippen molar-refractivity contribution in [3.05, 3.63) is 48.2 Å². The molecule has 3 rings (SSSR count). The first-order valence-corrected chi connectivity index (χ1v) is 7.80. The van der Waals surface area contributed by atoms with Crippen LogP contribution in [0.4, 0.5) is 11.5 Å². The molecule has 0 N–H and O–H groups in total. The van der Waals surface area contributed by atoms with Gasteiger partial charge in [-0.3, -0.25) is 9.59 Å². The van der Waals surface area contributed by atoms with Crippen molar-refractivity contribution < 1.29 is 9.59 Å². The molecule has 24 heavy (non-hydrogen) atoms. The van der Waals surface area contributed by atoms with E-state index in [0.29, 0.717) is 37.7 Å². The molecular formula is C17H19N5O2. The molecule has 0 saturated carbocycles. The Morgan fingerprint density at radius 3 is 2.33 bits per heavy atom. The van der Waals surface area contributed by atoms with E-state index in [0.717, 1.165) is 12.1 Å². The third kappa shape index (κ3) is 3.34. The standard InChI is InChI=1S/C17H19N5O2/c1-20(14-5-3-2-4-6-14)16-8-7-15(18-19-16)17(24)22-11-9-21(13-23)10-12-22/h2-8,13H,9-12H2,1H3. The Labute approximate surface area is 140 Å². The molecule has 2 amide bonds. The minimum Gasteiger partial charge on any atom is -0.342 e. The Hall–Kier alpha value is -2.96. The van der Waals surface area contributed by atoms with Gasteiger partial charge in [0.2, 0.25) is 6.41 Å². The van der Waals surface area contributed by atoms with Gasteiger partial charge in [-0.05, 0) is 24.3 Å². The van der Waals surface area contributed by atoms with E-state index >= 15 is 0 Å². The number of carbonyl (C=O) groups excluding carboxylic acids is 2. The van der Waals surface area contributed by atoms with Gasteiger partial charge < -0.3 is 14.7 Å². The summed E-state index contributed by atoms with van der Waals surface area (Å²) >= 11 is 0. The van der Waals surface area contributed by atoms with Gasteiger partial charge in [-0.25, -0.2) is 0 Å². The summed E-state index contributed by atoms with van der Waals surface area (Å²) in [6.07, 6.45) is 0.815. The normalized spacial score (nSPS) is 14.4. The predicted octanol–water partition coefficient (Wildman–Crippen LogP) is 1.16. The Kier molecular flexibility index (Phi) is 4.69. The lowest BCUT2D eigenvalue weighted by Crippen LogP contribution is -2.48. The number of amides is 2. The van der Waals surface area contributed by atoms with Gasteiger partial charge in [0.1, 0.15) is 0 Å². The Morgan fingerprint density at radius 1 is 1.04 bits per heavy atom. The van der Waals surface area contributed by atoms with Crippen LogP contribution in [0.1, 0.15) is 10.5 Å². The average Bonchev–Trinajstić information content (AvgIpc) is 2.68. The van der Waals surface area contributed by atoms with E-state index in [9.17, 15) is 9.59 Å². The molecule has 2 heterocycles. The van der Waals surface area contributed by atoms with Crippen molar-refractivity contribution in [1.29, 1.82) is 0 Å². The fourth-order valence-electron chi connectivity index (χ4n) is 2.59. The number of nitrogens with zero attached hydrogens (tertiary/aromatic N) is 5. The molecule has 0 aliphatic carbocycles. The molecule has 2 aromatic rings.